The number of rotatable bonds is 5. The monoisotopic (exact) mass is 327 g/mol. The van der Waals surface area contributed by atoms with Crippen LogP contribution in [0.2, 0.25) is 0 Å². The summed E-state index contributed by atoms with van der Waals surface area (Å²) in [6, 6.07) is 0.224. The molecule has 3 rings (SSSR count). The first-order valence-corrected chi connectivity index (χ1v) is 9.37. The van der Waals surface area contributed by atoms with Gasteiger partial charge in [0, 0.05) is 18.3 Å². The highest BCUT2D eigenvalue weighted by Crippen LogP contribution is 2.33. The summed E-state index contributed by atoms with van der Waals surface area (Å²) in [4.78, 5) is 14.3. The fraction of sp³-hybridized carbons (Fsp3) is 0.786. The number of aryl methyl sites for hydroxylation is 1. The summed E-state index contributed by atoms with van der Waals surface area (Å²) in [7, 11) is 0. The molecule has 2 atom stereocenters. The van der Waals surface area contributed by atoms with Gasteiger partial charge < -0.3 is 10.0 Å². The zero-order valence-corrected chi connectivity index (χ0v) is 13.8. The minimum absolute atomic E-state index is 0.0590. The standard InChI is InChI=1S/C14H21N3O2S2/c1-9-15-16-14(21-9)20-8-11-6-3-7-17(11)13(19)12(18)10-4-2-5-10/h10-12,18H,2-8H2,1H3. The normalized spacial score (nSPS) is 24.1. The fourth-order valence-corrected chi connectivity index (χ4v) is 4.93. The Kier molecular flexibility index (Phi) is 4.81. The van der Waals surface area contributed by atoms with E-state index in [1.165, 1.54) is 0 Å². The first kappa shape index (κ1) is 15.2. The minimum atomic E-state index is -0.784. The summed E-state index contributed by atoms with van der Waals surface area (Å²) < 4.78 is 0.964. The lowest BCUT2D eigenvalue weighted by molar-refractivity contribution is -0.145. The molecule has 1 aliphatic carbocycles. The predicted molar refractivity (Wildman–Crippen MR) is 83.5 cm³/mol. The van der Waals surface area contributed by atoms with E-state index in [1.807, 2.05) is 11.8 Å². The second kappa shape index (κ2) is 6.62. The molecule has 1 N–H and O–H groups in total. The number of aliphatic hydroxyl groups is 1. The molecule has 21 heavy (non-hydrogen) atoms. The van der Waals surface area contributed by atoms with Crippen molar-refractivity contribution in [3.05, 3.63) is 5.01 Å². The van der Waals surface area contributed by atoms with E-state index in [0.29, 0.717) is 0 Å². The van der Waals surface area contributed by atoms with Crippen molar-refractivity contribution >= 4 is 29.0 Å². The Morgan fingerprint density at radius 2 is 2.24 bits per heavy atom. The second-order valence-corrected chi connectivity index (χ2v) is 8.31. The molecule has 0 aromatic carbocycles. The van der Waals surface area contributed by atoms with Gasteiger partial charge in [-0.15, -0.1) is 10.2 Å². The van der Waals surface area contributed by atoms with Gasteiger partial charge in [-0.2, -0.15) is 0 Å². The van der Waals surface area contributed by atoms with Crippen LogP contribution in [0.5, 0.6) is 0 Å². The van der Waals surface area contributed by atoms with E-state index in [4.69, 9.17) is 0 Å². The zero-order chi connectivity index (χ0) is 14.8. The maximum absolute atomic E-state index is 12.4. The lowest BCUT2D eigenvalue weighted by Gasteiger charge is -2.33. The summed E-state index contributed by atoms with van der Waals surface area (Å²) in [6.45, 7) is 2.73. The third kappa shape index (κ3) is 3.40. The number of carbonyl (C=O) groups is 1. The van der Waals surface area contributed by atoms with Gasteiger partial charge in [-0.05, 0) is 38.5 Å². The number of nitrogens with zero attached hydrogens (tertiary/aromatic N) is 3. The zero-order valence-electron chi connectivity index (χ0n) is 12.2. The van der Waals surface area contributed by atoms with Crippen molar-refractivity contribution < 1.29 is 9.90 Å². The number of likely N-dealkylation sites (tertiary alicyclic amines) is 1. The molecule has 2 aliphatic rings. The highest BCUT2D eigenvalue weighted by molar-refractivity contribution is 8.01. The average Bonchev–Trinajstić information content (AvgIpc) is 3.02. The quantitative estimate of drug-likeness (QED) is 0.839. The molecule has 7 heteroatoms. The molecular weight excluding hydrogens is 306 g/mol. The summed E-state index contributed by atoms with van der Waals surface area (Å²) >= 11 is 3.26. The van der Waals surface area contributed by atoms with Gasteiger partial charge in [0.15, 0.2) is 4.34 Å². The van der Waals surface area contributed by atoms with Crippen LogP contribution < -0.4 is 0 Å². The van der Waals surface area contributed by atoms with Crippen LogP contribution in [0.25, 0.3) is 0 Å². The van der Waals surface area contributed by atoms with Crippen LogP contribution in [-0.2, 0) is 4.79 Å². The molecule has 116 valence electrons. The molecular formula is C14H21N3O2S2. The van der Waals surface area contributed by atoms with Crippen LogP contribution in [0.15, 0.2) is 4.34 Å². The first-order chi connectivity index (χ1) is 10.1. The number of hydrogen-bond acceptors (Lipinski definition) is 6. The number of amides is 1. The summed E-state index contributed by atoms with van der Waals surface area (Å²) in [5.41, 5.74) is 0. The maximum atomic E-state index is 12.4. The Morgan fingerprint density at radius 1 is 1.43 bits per heavy atom. The van der Waals surface area contributed by atoms with Crippen molar-refractivity contribution in [2.24, 2.45) is 5.92 Å². The molecule has 0 radical (unpaired) electrons. The van der Waals surface area contributed by atoms with Crippen molar-refractivity contribution in [1.29, 1.82) is 0 Å². The molecule has 0 bridgehead atoms. The highest BCUT2D eigenvalue weighted by Gasteiger charge is 2.37. The van der Waals surface area contributed by atoms with Gasteiger partial charge in [0.05, 0.1) is 0 Å². The molecule has 0 spiro atoms. The topological polar surface area (TPSA) is 66.3 Å². The van der Waals surface area contributed by atoms with Crippen LogP contribution in [0.1, 0.15) is 37.1 Å². The van der Waals surface area contributed by atoms with Gasteiger partial charge in [-0.25, -0.2) is 0 Å². The minimum Gasteiger partial charge on any atom is -0.383 e. The van der Waals surface area contributed by atoms with Gasteiger partial charge in [0.25, 0.3) is 5.91 Å². The Morgan fingerprint density at radius 3 is 2.86 bits per heavy atom. The lowest BCUT2D eigenvalue weighted by Crippen LogP contribution is -2.47. The van der Waals surface area contributed by atoms with E-state index in [9.17, 15) is 9.90 Å². The second-order valence-electron chi connectivity index (χ2n) is 5.86. The third-order valence-electron chi connectivity index (χ3n) is 4.42. The van der Waals surface area contributed by atoms with Gasteiger partial charge >= 0.3 is 0 Å². The van der Waals surface area contributed by atoms with Gasteiger partial charge in [-0.1, -0.05) is 29.5 Å². The molecule has 2 unspecified atom stereocenters. The van der Waals surface area contributed by atoms with Crippen molar-refractivity contribution in [2.75, 3.05) is 12.3 Å². The van der Waals surface area contributed by atoms with Gasteiger partial charge in [0.2, 0.25) is 0 Å². The Bertz CT molecular complexity index is 504. The highest BCUT2D eigenvalue weighted by atomic mass is 32.2. The molecule has 1 saturated carbocycles. The average molecular weight is 327 g/mol. The third-order valence-corrected chi connectivity index (χ3v) is 6.53. The molecule has 1 amide bonds. The van der Waals surface area contributed by atoms with E-state index >= 15 is 0 Å². The number of aromatic nitrogens is 2. The van der Waals surface area contributed by atoms with E-state index in [2.05, 4.69) is 10.2 Å². The van der Waals surface area contributed by atoms with E-state index in [-0.39, 0.29) is 17.9 Å². The van der Waals surface area contributed by atoms with E-state index in [0.717, 1.165) is 53.7 Å². The number of hydrogen-bond donors (Lipinski definition) is 1. The largest absolute Gasteiger partial charge is 0.383 e. The summed E-state index contributed by atoms with van der Waals surface area (Å²) in [5, 5.41) is 19.3. The summed E-state index contributed by atoms with van der Waals surface area (Å²) in [5.74, 6) is 0.978. The van der Waals surface area contributed by atoms with Crippen molar-refractivity contribution in [3.63, 3.8) is 0 Å². The predicted octanol–water partition coefficient (Wildman–Crippen LogP) is 2.09. The molecule has 1 saturated heterocycles. The summed E-state index contributed by atoms with van der Waals surface area (Å²) in [6.07, 6.45) is 4.39. The van der Waals surface area contributed by atoms with Crippen LogP contribution in [-0.4, -0.2) is 50.6 Å². The smallest absolute Gasteiger partial charge is 0.251 e. The van der Waals surface area contributed by atoms with Crippen LogP contribution in [0, 0.1) is 12.8 Å². The van der Waals surface area contributed by atoms with Crippen molar-refractivity contribution in [1.82, 2.24) is 15.1 Å². The van der Waals surface area contributed by atoms with Crippen LogP contribution in [0.3, 0.4) is 0 Å². The number of aliphatic hydroxyl groups excluding tert-OH is 1. The Balaban J connectivity index is 1.55. The van der Waals surface area contributed by atoms with Crippen LogP contribution in [0.4, 0.5) is 0 Å². The Hall–Kier alpha value is -0.660. The SMILES string of the molecule is Cc1nnc(SCC2CCCN2C(=O)C(O)C2CCC2)s1. The van der Waals surface area contributed by atoms with Crippen molar-refractivity contribution in [2.45, 2.75) is 55.5 Å². The lowest BCUT2D eigenvalue weighted by atomic mass is 9.80. The van der Waals surface area contributed by atoms with Gasteiger partial charge in [0.1, 0.15) is 11.1 Å². The molecule has 5 nitrogen and oxygen atoms in total. The molecule has 1 aliphatic heterocycles. The van der Waals surface area contributed by atoms with Crippen LogP contribution >= 0.6 is 23.1 Å². The molecule has 1 aromatic rings. The number of carbonyl (C=O) groups excluding carboxylic acids is 1. The van der Waals surface area contributed by atoms with E-state index < -0.39 is 6.10 Å². The van der Waals surface area contributed by atoms with Gasteiger partial charge in [-0.3, -0.25) is 4.79 Å². The van der Waals surface area contributed by atoms with Crippen molar-refractivity contribution in [3.8, 4) is 0 Å². The molecule has 2 fully saturated rings. The first-order valence-electron chi connectivity index (χ1n) is 7.56. The van der Waals surface area contributed by atoms with E-state index in [1.54, 1.807) is 23.1 Å². The maximum Gasteiger partial charge on any atom is 0.251 e. The fourth-order valence-electron chi connectivity index (χ4n) is 2.93. The molecule has 2 heterocycles. The Labute approximate surface area is 133 Å². The molecule has 1 aromatic heterocycles. The number of thioether (sulfide) groups is 1.